The Hall–Kier alpha value is -2.44. The van der Waals surface area contributed by atoms with E-state index in [4.69, 9.17) is 26.1 Å². The number of methoxy groups -OCH3 is 2. The van der Waals surface area contributed by atoms with Gasteiger partial charge >= 0.3 is 0 Å². The van der Waals surface area contributed by atoms with Crippen LogP contribution >= 0.6 is 11.6 Å². The molecule has 0 radical (unpaired) electrons. The van der Waals surface area contributed by atoms with Gasteiger partial charge in [-0.15, -0.1) is 0 Å². The molecule has 1 aromatic carbocycles. The second-order valence-corrected chi connectivity index (χ2v) is 7.09. The van der Waals surface area contributed by atoms with Gasteiger partial charge in [0.2, 0.25) is 0 Å². The summed E-state index contributed by atoms with van der Waals surface area (Å²) in [6.07, 6.45) is 5.37. The van der Waals surface area contributed by atoms with Crippen molar-refractivity contribution >= 4 is 22.9 Å². The normalized spacial score (nSPS) is 15.3. The van der Waals surface area contributed by atoms with Crippen LogP contribution in [0.2, 0.25) is 5.02 Å². The van der Waals surface area contributed by atoms with E-state index in [0.29, 0.717) is 16.5 Å². The Morgan fingerprint density at radius 2 is 1.85 bits per heavy atom. The van der Waals surface area contributed by atoms with Gasteiger partial charge in [0.15, 0.2) is 0 Å². The molecule has 0 unspecified atom stereocenters. The number of hydrogen-bond acceptors (Lipinski definition) is 5. The number of halogens is 1. The standard InChI is InChI=1S/C20H22ClN3O3/c1-26-18-11-19(27-2)16(21)10-15(18)17-12-24-6-3-13(9-20(24)22-17)23-7-4-14(25)5-8-23/h3,6,9-12,14,25H,4-5,7-8H2,1-2H3. The Morgan fingerprint density at radius 1 is 1.11 bits per heavy atom. The van der Waals surface area contributed by atoms with Gasteiger partial charge in [0, 0.05) is 48.9 Å². The number of piperidine rings is 1. The predicted molar refractivity (Wildman–Crippen MR) is 106 cm³/mol. The van der Waals surface area contributed by atoms with E-state index >= 15 is 0 Å². The van der Waals surface area contributed by atoms with Gasteiger partial charge in [-0.3, -0.25) is 0 Å². The summed E-state index contributed by atoms with van der Waals surface area (Å²) >= 11 is 6.30. The van der Waals surface area contributed by atoms with Crippen LogP contribution in [0.1, 0.15) is 12.8 Å². The van der Waals surface area contributed by atoms with Crippen LogP contribution in [0, 0.1) is 0 Å². The van der Waals surface area contributed by atoms with E-state index in [0.717, 1.165) is 48.5 Å². The highest BCUT2D eigenvalue weighted by Crippen LogP contribution is 2.38. The van der Waals surface area contributed by atoms with E-state index in [2.05, 4.69) is 17.0 Å². The fourth-order valence-corrected chi connectivity index (χ4v) is 3.72. The highest BCUT2D eigenvalue weighted by molar-refractivity contribution is 6.32. The van der Waals surface area contributed by atoms with Gasteiger partial charge < -0.3 is 23.9 Å². The second kappa shape index (κ2) is 7.29. The first-order valence-corrected chi connectivity index (χ1v) is 9.30. The molecule has 27 heavy (non-hydrogen) atoms. The van der Waals surface area contributed by atoms with Crippen LogP contribution < -0.4 is 14.4 Å². The van der Waals surface area contributed by atoms with E-state index in [1.54, 1.807) is 20.3 Å². The molecule has 6 nitrogen and oxygen atoms in total. The number of aromatic nitrogens is 2. The molecule has 1 N–H and O–H groups in total. The van der Waals surface area contributed by atoms with E-state index < -0.39 is 0 Å². The highest BCUT2D eigenvalue weighted by Gasteiger charge is 2.19. The third-order valence-corrected chi connectivity index (χ3v) is 5.32. The summed E-state index contributed by atoms with van der Waals surface area (Å²) in [7, 11) is 3.19. The zero-order chi connectivity index (χ0) is 19.0. The van der Waals surface area contributed by atoms with Crippen molar-refractivity contribution in [2.75, 3.05) is 32.2 Å². The lowest BCUT2D eigenvalue weighted by atomic mass is 10.1. The molecule has 0 amide bonds. The molecule has 1 fully saturated rings. The smallest absolute Gasteiger partial charge is 0.141 e. The van der Waals surface area contributed by atoms with Gasteiger partial charge in [-0.25, -0.2) is 4.98 Å². The van der Waals surface area contributed by atoms with Crippen LogP contribution in [0.3, 0.4) is 0 Å². The van der Waals surface area contributed by atoms with Crippen LogP contribution in [0.15, 0.2) is 36.7 Å². The number of nitrogens with zero attached hydrogens (tertiary/aromatic N) is 3. The van der Waals surface area contributed by atoms with Gasteiger partial charge in [-0.2, -0.15) is 0 Å². The van der Waals surface area contributed by atoms with E-state index in [9.17, 15) is 5.11 Å². The average molecular weight is 388 g/mol. The third kappa shape index (κ3) is 3.42. The molecule has 142 valence electrons. The molecule has 7 heteroatoms. The van der Waals surface area contributed by atoms with Crippen LogP contribution in [-0.4, -0.2) is 47.9 Å². The summed E-state index contributed by atoms with van der Waals surface area (Å²) in [5, 5.41) is 10.2. The van der Waals surface area contributed by atoms with Gasteiger partial charge in [0.05, 0.1) is 31.0 Å². The molecule has 0 aliphatic carbocycles. The van der Waals surface area contributed by atoms with Crippen molar-refractivity contribution in [3.8, 4) is 22.8 Å². The maximum absolute atomic E-state index is 9.71. The number of aliphatic hydroxyl groups excluding tert-OH is 1. The lowest BCUT2D eigenvalue weighted by molar-refractivity contribution is 0.145. The number of pyridine rings is 1. The Bertz CT molecular complexity index is 965. The van der Waals surface area contributed by atoms with E-state index in [1.165, 1.54) is 0 Å². The summed E-state index contributed by atoms with van der Waals surface area (Å²) in [5.41, 5.74) is 3.56. The van der Waals surface area contributed by atoms with Crippen molar-refractivity contribution < 1.29 is 14.6 Å². The van der Waals surface area contributed by atoms with Gasteiger partial charge in [0.25, 0.3) is 0 Å². The van der Waals surface area contributed by atoms with E-state index in [-0.39, 0.29) is 6.10 Å². The average Bonchev–Trinajstić information content (AvgIpc) is 3.11. The van der Waals surface area contributed by atoms with Gasteiger partial charge in [-0.05, 0) is 25.0 Å². The van der Waals surface area contributed by atoms with Crippen molar-refractivity contribution in [2.45, 2.75) is 18.9 Å². The zero-order valence-electron chi connectivity index (χ0n) is 15.4. The highest BCUT2D eigenvalue weighted by atomic mass is 35.5. The molecule has 0 spiro atoms. The monoisotopic (exact) mass is 387 g/mol. The minimum atomic E-state index is -0.185. The molecule has 0 bridgehead atoms. The Morgan fingerprint density at radius 3 is 2.56 bits per heavy atom. The SMILES string of the molecule is COc1cc(OC)c(-c2cn3ccc(N4CCC(O)CC4)cc3n2)cc1Cl. The number of anilines is 1. The van der Waals surface area contributed by atoms with Gasteiger partial charge in [-0.1, -0.05) is 11.6 Å². The lowest BCUT2D eigenvalue weighted by Gasteiger charge is -2.31. The number of ether oxygens (including phenoxy) is 2. The summed E-state index contributed by atoms with van der Waals surface area (Å²) < 4.78 is 12.8. The quantitative estimate of drug-likeness (QED) is 0.740. The van der Waals surface area contributed by atoms with Crippen molar-refractivity contribution in [3.05, 3.63) is 41.7 Å². The first-order chi connectivity index (χ1) is 13.1. The molecule has 0 atom stereocenters. The molecular formula is C20H22ClN3O3. The Labute approximate surface area is 162 Å². The molecule has 1 aliphatic heterocycles. The molecule has 0 saturated carbocycles. The number of hydrogen-bond donors (Lipinski definition) is 1. The number of rotatable bonds is 4. The number of benzene rings is 1. The maximum Gasteiger partial charge on any atom is 0.141 e. The number of imidazole rings is 1. The summed E-state index contributed by atoms with van der Waals surface area (Å²) in [4.78, 5) is 7.05. The summed E-state index contributed by atoms with van der Waals surface area (Å²) in [6.45, 7) is 1.71. The molecule has 1 aliphatic rings. The predicted octanol–water partition coefficient (Wildman–Crippen LogP) is 3.63. The van der Waals surface area contributed by atoms with E-state index in [1.807, 2.05) is 22.9 Å². The van der Waals surface area contributed by atoms with Crippen molar-refractivity contribution in [3.63, 3.8) is 0 Å². The summed E-state index contributed by atoms with van der Waals surface area (Å²) in [5.74, 6) is 1.22. The first-order valence-electron chi connectivity index (χ1n) is 8.92. The molecule has 1 saturated heterocycles. The fourth-order valence-electron chi connectivity index (χ4n) is 3.48. The first kappa shape index (κ1) is 17.9. The summed E-state index contributed by atoms with van der Waals surface area (Å²) in [6, 6.07) is 7.73. The van der Waals surface area contributed by atoms with Crippen molar-refractivity contribution in [1.29, 1.82) is 0 Å². The maximum atomic E-state index is 9.71. The topological polar surface area (TPSA) is 59.2 Å². The molecule has 2 aromatic heterocycles. The largest absolute Gasteiger partial charge is 0.496 e. The van der Waals surface area contributed by atoms with Gasteiger partial charge in [0.1, 0.15) is 17.1 Å². The molecule has 4 rings (SSSR count). The van der Waals surface area contributed by atoms with Crippen molar-refractivity contribution in [1.82, 2.24) is 9.38 Å². The van der Waals surface area contributed by atoms with Crippen LogP contribution in [0.25, 0.3) is 16.9 Å². The minimum Gasteiger partial charge on any atom is -0.496 e. The van der Waals surface area contributed by atoms with Crippen LogP contribution in [-0.2, 0) is 0 Å². The molecule has 3 aromatic rings. The van der Waals surface area contributed by atoms with Crippen LogP contribution in [0.4, 0.5) is 5.69 Å². The lowest BCUT2D eigenvalue weighted by Crippen LogP contribution is -2.35. The fraction of sp³-hybridized carbons (Fsp3) is 0.350. The Balaban J connectivity index is 1.71. The number of fused-ring (bicyclic) bond motifs is 1. The number of aliphatic hydroxyl groups is 1. The Kier molecular flexibility index (Phi) is 4.85. The molecular weight excluding hydrogens is 366 g/mol. The minimum absolute atomic E-state index is 0.185. The molecule has 3 heterocycles. The van der Waals surface area contributed by atoms with Crippen molar-refractivity contribution in [2.24, 2.45) is 0 Å². The second-order valence-electron chi connectivity index (χ2n) is 6.68. The van der Waals surface area contributed by atoms with Crippen LogP contribution in [0.5, 0.6) is 11.5 Å². The zero-order valence-corrected chi connectivity index (χ0v) is 16.1. The third-order valence-electron chi connectivity index (χ3n) is 5.02.